The van der Waals surface area contributed by atoms with Gasteiger partial charge in [0.1, 0.15) is 23.2 Å². The van der Waals surface area contributed by atoms with Crippen LogP contribution in [0.5, 0.6) is 0 Å². The second-order valence-electron chi connectivity index (χ2n) is 7.79. The van der Waals surface area contributed by atoms with Crippen molar-refractivity contribution >= 4 is 22.8 Å². The number of anilines is 1. The van der Waals surface area contributed by atoms with Gasteiger partial charge in [-0.1, -0.05) is 18.2 Å². The first-order valence-electron chi connectivity index (χ1n) is 9.47. The van der Waals surface area contributed by atoms with Crippen LogP contribution in [0.3, 0.4) is 0 Å². The Hall–Kier alpha value is -3.75. The molecule has 9 heteroatoms. The Balaban J connectivity index is 1.65. The summed E-state index contributed by atoms with van der Waals surface area (Å²) in [6, 6.07) is 6.54. The normalized spacial score (nSPS) is 14.7. The van der Waals surface area contributed by atoms with E-state index >= 15 is 0 Å². The van der Waals surface area contributed by atoms with Gasteiger partial charge in [0.25, 0.3) is 0 Å². The van der Waals surface area contributed by atoms with Crippen LogP contribution in [0.4, 0.5) is 10.2 Å². The molecule has 0 saturated heterocycles. The molecule has 0 fully saturated rings. The molecule has 4 heterocycles. The van der Waals surface area contributed by atoms with Crippen molar-refractivity contribution in [2.24, 2.45) is 0 Å². The summed E-state index contributed by atoms with van der Waals surface area (Å²) in [5.41, 5.74) is 1.57. The predicted octanol–water partition coefficient (Wildman–Crippen LogP) is 3.01. The van der Waals surface area contributed by atoms with Crippen LogP contribution in [-0.2, 0) is 16.8 Å². The number of hydrogen-bond acceptors (Lipinski definition) is 6. The minimum Gasteiger partial charge on any atom is -0.310 e. The van der Waals surface area contributed by atoms with Crippen LogP contribution in [-0.4, -0.2) is 35.6 Å². The fraction of sp³-hybridized carbons (Fsp3) is 0.238. The van der Waals surface area contributed by atoms with Gasteiger partial charge in [-0.05, 0) is 26.8 Å². The molecule has 0 aliphatic carbocycles. The average Bonchev–Trinajstić information content (AvgIpc) is 3.17. The van der Waals surface area contributed by atoms with E-state index in [1.807, 2.05) is 13.8 Å². The molecule has 0 radical (unpaired) electrons. The van der Waals surface area contributed by atoms with Crippen molar-refractivity contribution < 1.29 is 9.18 Å². The van der Waals surface area contributed by atoms with Gasteiger partial charge in [-0.25, -0.2) is 29.0 Å². The molecule has 1 aromatic carbocycles. The van der Waals surface area contributed by atoms with Crippen molar-refractivity contribution in [2.75, 3.05) is 5.32 Å². The summed E-state index contributed by atoms with van der Waals surface area (Å²) in [5, 5.41) is 8.08. The van der Waals surface area contributed by atoms with Crippen molar-refractivity contribution in [1.82, 2.24) is 29.7 Å². The number of rotatable bonds is 3. The molecule has 0 spiro atoms. The zero-order valence-corrected chi connectivity index (χ0v) is 16.6. The Morgan fingerprint density at radius 2 is 1.93 bits per heavy atom. The number of aromatic nitrogens is 6. The van der Waals surface area contributed by atoms with Crippen LogP contribution in [0.2, 0.25) is 0 Å². The molecular weight excluding hydrogens is 385 g/mol. The fourth-order valence-corrected chi connectivity index (χ4v) is 3.54. The first-order chi connectivity index (χ1) is 14.3. The van der Waals surface area contributed by atoms with Crippen molar-refractivity contribution in [3.05, 3.63) is 59.4 Å². The average molecular weight is 403 g/mol. The lowest BCUT2D eigenvalue weighted by Crippen LogP contribution is -2.26. The molecule has 1 aliphatic heterocycles. The lowest BCUT2D eigenvalue weighted by atomic mass is 9.88. The van der Waals surface area contributed by atoms with E-state index in [2.05, 4.69) is 30.4 Å². The first-order valence-corrected chi connectivity index (χ1v) is 9.47. The number of aryl methyl sites for hydroxylation is 1. The van der Waals surface area contributed by atoms with Crippen LogP contribution < -0.4 is 5.32 Å². The van der Waals surface area contributed by atoms with Crippen LogP contribution >= 0.6 is 0 Å². The number of fused-ring (bicyclic) bond motifs is 2. The Morgan fingerprint density at radius 3 is 2.73 bits per heavy atom. The van der Waals surface area contributed by atoms with Crippen LogP contribution in [0.1, 0.15) is 30.8 Å². The molecule has 4 aromatic rings. The third-order valence-electron chi connectivity index (χ3n) is 5.36. The molecule has 1 N–H and O–H groups in total. The zero-order valence-electron chi connectivity index (χ0n) is 16.6. The molecule has 8 nitrogen and oxygen atoms in total. The summed E-state index contributed by atoms with van der Waals surface area (Å²) in [7, 11) is 0. The summed E-state index contributed by atoms with van der Waals surface area (Å²) >= 11 is 0. The monoisotopic (exact) mass is 403 g/mol. The lowest BCUT2D eigenvalue weighted by molar-refractivity contribution is -0.119. The summed E-state index contributed by atoms with van der Waals surface area (Å²) in [6.07, 6.45) is 3.31. The van der Waals surface area contributed by atoms with E-state index in [-0.39, 0.29) is 18.3 Å². The van der Waals surface area contributed by atoms with Gasteiger partial charge >= 0.3 is 0 Å². The Kier molecular flexibility index (Phi) is 3.89. The Bertz CT molecular complexity index is 1330. The maximum absolute atomic E-state index is 14.2. The highest BCUT2D eigenvalue weighted by Gasteiger charge is 2.40. The molecule has 1 aliphatic rings. The number of nitrogens with one attached hydrogen (secondary N) is 1. The minimum atomic E-state index is -0.694. The zero-order chi connectivity index (χ0) is 21.0. The molecule has 0 atom stereocenters. The molecule has 1 amide bonds. The minimum absolute atomic E-state index is 0.127. The van der Waals surface area contributed by atoms with Crippen molar-refractivity contribution in [3.8, 4) is 11.5 Å². The highest BCUT2D eigenvalue weighted by atomic mass is 19.1. The topological polar surface area (TPSA) is 98.5 Å². The summed E-state index contributed by atoms with van der Waals surface area (Å²) in [4.78, 5) is 30.0. The van der Waals surface area contributed by atoms with Gasteiger partial charge in [-0.3, -0.25) is 4.79 Å². The largest absolute Gasteiger partial charge is 0.310 e. The van der Waals surface area contributed by atoms with Gasteiger partial charge in [0, 0.05) is 23.5 Å². The van der Waals surface area contributed by atoms with Crippen molar-refractivity contribution in [1.29, 1.82) is 0 Å². The van der Waals surface area contributed by atoms with E-state index in [9.17, 15) is 9.18 Å². The number of benzene rings is 1. The van der Waals surface area contributed by atoms with Gasteiger partial charge in [0.05, 0.1) is 17.3 Å². The summed E-state index contributed by atoms with van der Waals surface area (Å²) in [5.74, 6) is 0.953. The molecule has 0 bridgehead atoms. The van der Waals surface area contributed by atoms with Crippen LogP contribution in [0.25, 0.3) is 22.6 Å². The van der Waals surface area contributed by atoms with E-state index in [1.165, 1.54) is 6.07 Å². The number of halogens is 1. The van der Waals surface area contributed by atoms with Gasteiger partial charge in [0.2, 0.25) is 5.91 Å². The summed E-state index contributed by atoms with van der Waals surface area (Å²) < 4.78 is 15.8. The molecule has 0 unspecified atom stereocenters. The number of carbonyl (C=O) groups excluding carboxylic acids is 1. The second-order valence-corrected chi connectivity index (χ2v) is 7.79. The third kappa shape index (κ3) is 2.73. The highest BCUT2D eigenvalue weighted by molar-refractivity contribution is 6.04. The fourth-order valence-electron chi connectivity index (χ4n) is 3.54. The molecule has 150 valence electrons. The quantitative estimate of drug-likeness (QED) is 0.565. The summed E-state index contributed by atoms with van der Waals surface area (Å²) in [6.45, 7) is 5.64. The highest BCUT2D eigenvalue weighted by Crippen LogP contribution is 2.37. The molecule has 0 saturated carbocycles. The molecule has 30 heavy (non-hydrogen) atoms. The number of amides is 1. The second kappa shape index (κ2) is 6.38. The smallest absolute Gasteiger partial charge is 0.235 e. The van der Waals surface area contributed by atoms with E-state index in [4.69, 9.17) is 0 Å². The van der Waals surface area contributed by atoms with Gasteiger partial charge < -0.3 is 5.32 Å². The first kappa shape index (κ1) is 18.3. The van der Waals surface area contributed by atoms with Crippen LogP contribution in [0, 0.1) is 12.7 Å². The van der Waals surface area contributed by atoms with Crippen molar-refractivity contribution in [2.45, 2.75) is 32.7 Å². The number of carbonyl (C=O) groups is 1. The van der Waals surface area contributed by atoms with Gasteiger partial charge in [-0.2, -0.15) is 5.10 Å². The predicted molar refractivity (Wildman–Crippen MR) is 108 cm³/mol. The third-order valence-corrected chi connectivity index (χ3v) is 5.36. The lowest BCUT2D eigenvalue weighted by Gasteiger charge is -2.13. The number of hydrogen-bond donors (Lipinski definition) is 1. The Labute approximate surface area is 171 Å². The van der Waals surface area contributed by atoms with E-state index in [1.54, 1.807) is 42.2 Å². The van der Waals surface area contributed by atoms with E-state index in [0.29, 0.717) is 39.8 Å². The molecular formula is C21H18FN7O. The van der Waals surface area contributed by atoms with E-state index < -0.39 is 5.41 Å². The SMILES string of the molecule is Cc1ncc2c(-c3ncc4c(n3)NC(=O)C4(C)C)nn(Cc3ccccc3F)c2n1. The van der Waals surface area contributed by atoms with E-state index in [0.717, 1.165) is 5.56 Å². The maximum atomic E-state index is 14.2. The van der Waals surface area contributed by atoms with Crippen molar-refractivity contribution in [3.63, 3.8) is 0 Å². The number of nitrogens with zero attached hydrogens (tertiary/aromatic N) is 6. The molecule has 3 aromatic heterocycles. The Morgan fingerprint density at radius 1 is 1.13 bits per heavy atom. The van der Waals surface area contributed by atoms with Gasteiger partial charge in [-0.15, -0.1) is 0 Å². The standard InChI is InChI=1S/C21H18FN7O/c1-11-23-8-13-16(18-24-9-14-17(26-18)27-20(30)21(14,2)3)28-29(19(13)25-11)10-12-6-4-5-7-15(12)22/h4-9H,10H2,1-3H3,(H,24,26,27,30). The van der Waals surface area contributed by atoms with Crippen LogP contribution in [0.15, 0.2) is 36.7 Å². The van der Waals surface area contributed by atoms with Gasteiger partial charge in [0.15, 0.2) is 11.5 Å². The molecule has 5 rings (SSSR count). The maximum Gasteiger partial charge on any atom is 0.235 e.